The Balaban J connectivity index is 1.22. The summed E-state index contributed by atoms with van der Waals surface area (Å²) in [5.41, 5.74) is 7.31. The first-order valence-corrected chi connectivity index (χ1v) is 12.5. The number of likely N-dealkylation sites (N-methyl/N-ethyl adjacent to an activating group) is 1. The van der Waals surface area contributed by atoms with Crippen molar-refractivity contribution < 1.29 is 18.3 Å². The monoisotopic (exact) mass is 490 g/mol. The molecule has 5 rings (SSSR count). The molecule has 4 atom stereocenters. The summed E-state index contributed by atoms with van der Waals surface area (Å²) in [6.45, 7) is 6.07. The molecule has 0 aromatic carbocycles. The Kier molecular flexibility index (Phi) is 6.48. The Labute approximate surface area is 205 Å². The number of halogens is 2. The molecule has 0 amide bonds. The maximum absolute atomic E-state index is 12.7. The Bertz CT molecular complexity index is 984. The van der Waals surface area contributed by atoms with E-state index in [-0.39, 0.29) is 28.9 Å². The zero-order chi connectivity index (χ0) is 24.9. The second-order valence-corrected chi connectivity index (χ2v) is 11.0. The van der Waals surface area contributed by atoms with Gasteiger partial charge in [0.1, 0.15) is 5.60 Å². The van der Waals surface area contributed by atoms with Gasteiger partial charge in [0.25, 0.3) is 0 Å². The predicted molar refractivity (Wildman–Crippen MR) is 130 cm³/mol. The van der Waals surface area contributed by atoms with Gasteiger partial charge in [0.15, 0.2) is 11.6 Å². The highest BCUT2D eigenvalue weighted by Gasteiger charge is 2.60. The number of allylic oxidation sites excluding steroid dienone is 2. The summed E-state index contributed by atoms with van der Waals surface area (Å²) in [6, 6.07) is 2.19. The van der Waals surface area contributed by atoms with Crippen LogP contribution in [0.15, 0.2) is 24.0 Å². The second-order valence-electron chi connectivity index (χ2n) is 11.0. The van der Waals surface area contributed by atoms with E-state index in [2.05, 4.69) is 45.7 Å². The van der Waals surface area contributed by atoms with Gasteiger partial charge >= 0.3 is 6.61 Å². The van der Waals surface area contributed by atoms with Gasteiger partial charge < -0.3 is 30.8 Å². The highest BCUT2D eigenvalue weighted by molar-refractivity contribution is 6.07. The summed E-state index contributed by atoms with van der Waals surface area (Å²) < 4.78 is 35.9. The highest BCUT2D eigenvalue weighted by Crippen LogP contribution is 2.61. The number of nitrogens with zero attached hydrogens (tertiary/aromatic N) is 3. The number of anilines is 1. The summed E-state index contributed by atoms with van der Waals surface area (Å²) in [7, 11) is 2.17. The zero-order valence-electron chi connectivity index (χ0n) is 20.6. The van der Waals surface area contributed by atoms with Crippen LogP contribution in [-0.4, -0.2) is 84.6 Å². The Morgan fingerprint density at radius 3 is 2.66 bits per heavy atom. The minimum Gasteiger partial charge on any atom is -0.431 e. The van der Waals surface area contributed by atoms with E-state index < -0.39 is 6.61 Å². The van der Waals surface area contributed by atoms with Crippen LogP contribution in [0.25, 0.3) is 0 Å². The third-order valence-corrected chi connectivity index (χ3v) is 7.88. The van der Waals surface area contributed by atoms with Crippen LogP contribution in [0, 0.1) is 23.2 Å². The van der Waals surface area contributed by atoms with Crippen LogP contribution >= 0.6 is 0 Å². The SMILES string of the molecule is CC(C)N/C(=C\C(=N)c1cnc(N)c(OC(F)F)c1)[C@H]1[C@@H]2C[C@H](N3CC4(CN(C)CCO4)C3)C[C@@H]21. The van der Waals surface area contributed by atoms with Crippen molar-refractivity contribution in [2.75, 3.05) is 45.6 Å². The molecule has 4 aliphatic rings. The van der Waals surface area contributed by atoms with E-state index in [0.29, 0.717) is 29.4 Å². The number of nitrogens with two attached hydrogens (primary N) is 1. The summed E-state index contributed by atoms with van der Waals surface area (Å²) in [5, 5.41) is 12.1. The number of hydrogen-bond donors (Lipinski definition) is 3. The number of rotatable bonds is 8. The lowest BCUT2D eigenvalue weighted by atomic mass is 9.88. The summed E-state index contributed by atoms with van der Waals surface area (Å²) in [4.78, 5) is 8.89. The van der Waals surface area contributed by atoms with Crippen LogP contribution in [0.2, 0.25) is 0 Å². The molecule has 3 heterocycles. The van der Waals surface area contributed by atoms with Crippen molar-refractivity contribution >= 4 is 11.5 Å². The Hall–Kier alpha value is -2.30. The van der Waals surface area contributed by atoms with Gasteiger partial charge in [-0.15, -0.1) is 0 Å². The van der Waals surface area contributed by atoms with E-state index in [9.17, 15) is 8.78 Å². The van der Waals surface area contributed by atoms with Crippen LogP contribution in [0.4, 0.5) is 14.6 Å². The smallest absolute Gasteiger partial charge is 0.387 e. The number of morpholine rings is 1. The molecule has 4 N–H and O–H groups in total. The van der Waals surface area contributed by atoms with Gasteiger partial charge in [0.2, 0.25) is 0 Å². The summed E-state index contributed by atoms with van der Waals surface area (Å²) in [5.74, 6) is 1.30. The molecule has 2 saturated carbocycles. The van der Waals surface area contributed by atoms with Crippen LogP contribution < -0.4 is 15.8 Å². The first-order valence-electron chi connectivity index (χ1n) is 12.5. The first kappa shape index (κ1) is 24.4. The van der Waals surface area contributed by atoms with E-state index in [1.54, 1.807) is 0 Å². The molecule has 2 aliphatic heterocycles. The lowest BCUT2D eigenvalue weighted by molar-refractivity contribution is -0.190. The van der Waals surface area contributed by atoms with E-state index in [0.717, 1.165) is 38.5 Å². The number of aromatic nitrogens is 1. The summed E-state index contributed by atoms with van der Waals surface area (Å²) >= 11 is 0. The summed E-state index contributed by atoms with van der Waals surface area (Å²) in [6.07, 6.45) is 5.58. The maximum atomic E-state index is 12.7. The normalized spacial score (nSPS) is 30.4. The average Bonchev–Trinajstić information content (AvgIpc) is 3.25. The van der Waals surface area contributed by atoms with Crippen LogP contribution in [-0.2, 0) is 4.74 Å². The van der Waals surface area contributed by atoms with Gasteiger partial charge in [-0.05, 0) is 57.7 Å². The molecule has 1 aromatic heterocycles. The maximum Gasteiger partial charge on any atom is 0.387 e. The minimum atomic E-state index is -3.00. The lowest BCUT2D eigenvalue weighted by Crippen LogP contribution is -2.71. The quantitative estimate of drug-likeness (QED) is 0.482. The fourth-order valence-corrected chi connectivity index (χ4v) is 6.35. The number of pyridine rings is 1. The lowest BCUT2D eigenvalue weighted by Gasteiger charge is -2.55. The predicted octanol–water partition coefficient (Wildman–Crippen LogP) is 2.56. The standard InChI is InChI=1S/C25H36F2N6O2/c1-14(2)31-20(9-19(28)15-6-21(35-24(26)27)23(29)30-10-15)22-17-7-16(8-18(17)22)33-12-25(13-33)11-32(3)4-5-34-25/h6,9-10,14,16-18,22,24,28,31H,4-5,7-8,11-13H2,1-3H3,(H2,29,30)/b20-9-,28-19?/t16-,17+,18-,22-. The molecule has 8 nitrogen and oxygen atoms in total. The van der Waals surface area contributed by atoms with Crippen LogP contribution in [0.5, 0.6) is 5.75 Å². The number of fused-ring (bicyclic) bond motifs is 1. The highest BCUT2D eigenvalue weighted by atomic mass is 19.3. The van der Waals surface area contributed by atoms with E-state index in [1.807, 2.05) is 6.08 Å². The Morgan fingerprint density at radius 1 is 1.31 bits per heavy atom. The van der Waals surface area contributed by atoms with Gasteiger partial charge in [-0.1, -0.05) is 0 Å². The second kappa shape index (κ2) is 9.29. The largest absolute Gasteiger partial charge is 0.431 e. The van der Waals surface area contributed by atoms with E-state index in [1.165, 1.54) is 25.1 Å². The first-order chi connectivity index (χ1) is 16.6. The van der Waals surface area contributed by atoms with Crippen molar-refractivity contribution in [3.63, 3.8) is 0 Å². The van der Waals surface area contributed by atoms with Crippen molar-refractivity contribution in [3.05, 3.63) is 29.6 Å². The third-order valence-electron chi connectivity index (χ3n) is 7.88. The zero-order valence-corrected chi connectivity index (χ0v) is 20.6. The van der Waals surface area contributed by atoms with Gasteiger partial charge in [-0.2, -0.15) is 8.78 Å². The van der Waals surface area contributed by atoms with Gasteiger partial charge in [-0.3, -0.25) is 4.90 Å². The topological polar surface area (TPSA) is 99.7 Å². The number of hydrogen-bond acceptors (Lipinski definition) is 8. The van der Waals surface area contributed by atoms with Crippen molar-refractivity contribution in [1.29, 1.82) is 5.41 Å². The fraction of sp³-hybridized carbons (Fsp3) is 0.680. The molecule has 192 valence electrons. The van der Waals surface area contributed by atoms with Gasteiger partial charge in [0, 0.05) is 61.6 Å². The number of nitrogen functional groups attached to an aromatic ring is 1. The Morgan fingerprint density at radius 2 is 2.03 bits per heavy atom. The van der Waals surface area contributed by atoms with Crippen molar-refractivity contribution in [2.24, 2.45) is 17.8 Å². The molecule has 2 aliphatic carbocycles. The molecular weight excluding hydrogens is 454 g/mol. The van der Waals surface area contributed by atoms with E-state index >= 15 is 0 Å². The molecule has 1 spiro atoms. The van der Waals surface area contributed by atoms with Gasteiger partial charge in [0.05, 0.1) is 12.3 Å². The number of nitrogens with one attached hydrogen (secondary N) is 2. The molecular formula is C25H36F2N6O2. The van der Waals surface area contributed by atoms with Crippen LogP contribution in [0.1, 0.15) is 32.3 Å². The number of ether oxygens (including phenoxy) is 2. The van der Waals surface area contributed by atoms with Crippen molar-refractivity contribution in [1.82, 2.24) is 20.1 Å². The van der Waals surface area contributed by atoms with Crippen molar-refractivity contribution in [3.8, 4) is 5.75 Å². The average molecular weight is 491 g/mol. The molecule has 35 heavy (non-hydrogen) atoms. The molecule has 10 heteroatoms. The van der Waals surface area contributed by atoms with Gasteiger partial charge in [-0.25, -0.2) is 4.98 Å². The van der Waals surface area contributed by atoms with Crippen LogP contribution in [0.3, 0.4) is 0 Å². The molecule has 1 aromatic rings. The fourth-order valence-electron chi connectivity index (χ4n) is 6.35. The molecule has 2 saturated heterocycles. The third kappa shape index (κ3) is 5.01. The number of alkyl halides is 2. The van der Waals surface area contributed by atoms with E-state index in [4.69, 9.17) is 15.9 Å². The molecule has 0 bridgehead atoms. The molecule has 4 fully saturated rings. The van der Waals surface area contributed by atoms with Crippen molar-refractivity contribution in [2.45, 2.75) is 51.0 Å². The molecule has 0 unspecified atom stereocenters. The molecule has 0 radical (unpaired) electrons. The minimum absolute atomic E-state index is 0.0263. The number of likely N-dealkylation sites (tertiary alicyclic amines) is 1.